The van der Waals surface area contributed by atoms with E-state index in [2.05, 4.69) is 15.9 Å². The third-order valence-electron chi connectivity index (χ3n) is 1.80. The number of carboxylic acid groups (broad SMARTS) is 1. The van der Waals surface area contributed by atoms with Gasteiger partial charge in [0.25, 0.3) is 0 Å². The second-order valence-electron chi connectivity index (χ2n) is 2.77. The highest BCUT2D eigenvalue weighted by Gasteiger charge is 2.24. The molecule has 0 saturated carbocycles. The van der Waals surface area contributed by atoms with Gasteiger partial charge in [0.1, 0.15) is 6.04 Å². The molecule has 0 aromatic heterocycles. The zero-order valence-corrected chi connectivity index (χ0v) is 8.82. The first-order valence-corrected chi connectivity index (χ1v) is 4.53. The van der Waals surface area contributed by atoms with Crippen molar-refractivity contribution in [1.82, 2.24) is 0 Å². The summed E-state index contributed by atoms with van der Waals surface area (Å²) in [6.07, 6.45) is 0. The molecule has 1 aromatic rings. The Morgan fingerprint density at radius 2 is 2.00 bits per heavy atom. The van der Waals surface area contributed by atoms with Crippen LogP contribution in [-0.2, 0) is 4.79 Å². The summed E-state index contributed by atoms with van der Waals surface area (Å²) in [6, 6.07) is -0.511. The van der Waals surface area contributed by atoms with Crippen molar-refractivity contribution in [2.45, 2.75) is 6.04 Å². The summed E-state index contributed by atoms with van der Waals surface area (Å²) in [7, 11) is 0. The van der Waals surface area contributed by atoms with Crippen LogP contribution in [0.15, 0.2) is 10.5 Å². The van der Waals surface area contributed by atoms with Crippen molar-refractivity contribution in [2.24, 2.45) is 5.73 Å². The van der Waals surface area contributed by atoms with E-state index in [1.807, 2.05) is 0 Å². The quantitative estimate of drug-likeness (QED) is 0.649. The molecule has 0 fully saturated rings. The minimum absolute atomic E-state index is 0.0792. The van der Waals surface area contributed by atoms with Gasteiger partial charge in [-0.1, -0.05) is 0 Å². The van der Waals surface area contributed by atoms with Crippen molar-refractivity contribution in [3.05, 3.63) is 21.9 Å². The standard InChI is InChI=1S/C8H7BrFNO4/c9-3-1-2(5(11)8(14)15)6(12)4(10)7(3)13/h1,5,12-13H,11H2,(H,14,15). The average Bonchev–Trinajstić information content (AvgIpc) is 2.19. The molecule has 1 atom stereocenters. The van der Waals surface area contributed by atoms with Gasteiger partial charge in [-0.25, -0.2) is 0 Å². The first kappa shape index (κ1) is 11.7. The first-order valence-electron chi connectivity index (χ1n) is 3.74. The van der Waals surface area contributed by atoms with Gasteiger partial charge in [-0.05, 0) is 22.0 Å². The highest BCUT2D eigenvalue weighted by atomic mass is 79.9. The van der Waals surface area contributed by atoms with Crippen LogP contribution in [-0.4, -0.2) is 21.3 Å². The molecule has 5 N–H and O–H groups in total. The molecule has 0 spiro atoms. The lowest BCUT2D eigenvalue weighted by Crippen LogP contribution is -2.21. The Hall–Kier alpha value is -1.34. The summed E-state index contributed by atoms with van der Waals surface area (Å²) in [6.45, 7) is 0. The molecule has 0 radical (unpaired) electrons. The van der Waals surface area contributed by atoms with E-state index < -0.39 is 29.3 Å². The number of hydrogen-bond donors (Lipinski definition) is 4. The number of nitrogens with two attached hydrogens (primary N) is 1. The van der Waals surface area contributed by atoms with E-state index in [1.165, 1.54) is 0 Å². The number of hydrogen-bond acceptors (Lipinski definition) is 4. The zero-order valence-electron chi connectivity index (χ0n) is 7.24. The highest BCUT2D eigenvalue weighted by Crippen LogP contribution is 2.37. The average molecular weight is 280 g/mol. The molecule has 7 heteroatoms. The van der Waals surface area contributed by atoms with Crippen LogP contribution in [0.4, 0.5) is 4.39 Å². The number of phenols is 2. The SMILES string of the molecule is NC(C(=O)O)c1cc(Br)c(O)c(F)c1O. The van der Waals surface area contributed by atoms with Crippen molar-refractivity contribution in [3.63, 3.8) is 0 Å². The fourth-order valence-electron chi connectivity index (χ4n) is 0.987. The molecule has 0 aliphatic carbocycles. The van der Waals surface area contributed by atoms with Crippen molar-refractivity contribution >= 4 is 21.9 Å². The number of rotatable bonds is 2. The Labute approximate surface area is 92.1 Å². The summed E-state index contributed by atoms with van der Waals surface area (Å²) in [4.78, 5) is 10.5. The number of carbonyl (C=O) groups is 1. The van der Waals surface area contributed by atoms with Crippen LogP contribution >= 0.6 is 15.9 Å². The Morgan fingerprint density at radius 3 is 2.47 bits per heavy atom. The van der Waals surface area contributed by atoms with Gasteiger partial charge in [0, 0.05) is 5.56 Å². The molecule has 0 heterocycles. The largest absolute Gasteiger partial charge is 0.504 e. The summed E-state index contributed by atoms with van der Waals surface area (Å²) < 4.78 is 13.0. The predicted molar refractivity (Wildman–Crippen MR) is 52.0 cm³/mol. The molecule has 0 bridgehead atoms. The smallest absolute Gasteiger partial charge is 0.325 e. The molecule has 0 amide bonds. The maximum absolute atomic E-state index is 13.1. The van der Waals surface area contributed by atoms with Gasteiger partial charge in [-0.2, -0.15) is 4.39 Å². The molecule has 0 aliphatic heterocycles. The lowest BCUT2D eigenvalue weighted by molar-refractivity contribution is -0.138. The van der Waals surface area contributed by atoms with Crippen LogP contribution in [0.25, 0.3) is 0 Å². The zero-order chi connectivity index (χ0) is 11.7. The van der Waals surface area contributed by atoms with Gasteiger partial charge < -0.3 is 21.1 Å². The molecular formula is C8H7BrFNO4. The number of phenolic OH excluding ortho intramolecular Hbond substituents is 2. The van der Waals surface area contributed by atoms with Crippen LogP contribution in [0.2, 0.25) is 0 Å². The van der Waals surface area contributed by atoms with Crippen molar-refractivity contribution in [3.8, 4) is 11.5 Å². The minimum Gasteiger partial charge on any atom is -0.504 e. The molecule has 1 rings (SSSR count). The summed E-state index contributed by atoms with van der Waals surface area (Å²) in [5.74, 6) is -4.49. The summed E-state index contributed by atoms with van der Waals surface area (Å²) >= 11 is 2.80. The van der Waals surface area contributed by atoms with Crippen LogP contribution in [0.5, 0.6) is 11.5 Å². The van der Waals surface area contributed by atoms with Crippen molar-refractivity contribution in [1.29, 1.82) is 0 Å². The first-order chi connectivity index (χ1) is 6.86. The van der Waals surface area contributed by atoms with E-state index in [1.54, 1.807) is 0 Å². The number of carboxylic acids is 1. The number of halogens is 2. The topological polar surface area (TPSA) is 104 Å². The van der Waals surface area contributed by atoms with Gasteiger partial charge in [-0.3, -0.25) is 4.79 Å². The van der Waals surface area contributed by atoms with Crippen molar-refractivity contribution in [2.75, 3.05) is 0 Å². The summed E-state index contributed by atoms with van der Waals surface area (Å²) in [5.41, 5.74) is 4.88. The fourth-order valence-corrected chi connectivity index (χ4v) is 1.41. The van der Waals surface area contributed by atoms with E-state index in [0.29, 0.717) is 0 Å². The van der Waals surface area contributed by atoms with Gasteiger partial charge in [0.2, 0.25) is 5.82 Å². The molecule has 0 aliphatic rings. The highest BCUT2D eigenvalue weighted by molar-refractivity contribution is 9.10. The Kier molecular flexibility index (Phi) is 3.15. The van der Waals surface area contributed by atoms with Crippen LogP contribution in [0.1, 0.15) is 11.6 Å². The third-order valence-corrected chi connectivity index (χ3v) is 2.40. The van der Waals surface area contributed by atoms with Crippen LogP contribution in [0, 0.1) is 5.82 Å². The molecule has 1 aromatic carbocycles. The molecule has 15 heavy (non-hydrogen) atoms. The fraction of sp³-hybridized carbons (Fsp3) is 0.125. The maximum atomic E-state index is 13.1. The normalized spacial score (nSPS) is 12.5. The number of benzene rings is 1. The second kappa shape index (κ2) is 4.03. The Bertz CT molecular complexity index is 424. The van der Waals surface area contributed by atoms with Crippen LogP contribution < -0.4 is 5.73 Å². The lowest BCUT2D eigenvalue weighted by Gasteiger charge is -2.11. The number of aromatic hydroxyl groups is 2. The van der Waals surface area contributed by atoms with Crippen molar-refractivity contribution < 1.29 is 24.5 Å². The number of aliphatic carboxylic acids is 1. The lowest BCUT2D eigenvalue weighted by atomic mass is 10.1. The van der Waals surface area contributed by atoms with E-state index in [-0.39, 0.29) is 10.0 Å². The molecular weight excluding hydrogens is 273 g/mol. The van der Waals surface area contributed by atoms with E-state index in [9.17, 15) is 14.3 Å². The van der Waals surface area contributed by atoms with E-state index >= 15 is 0 Å². The summed E-state index contributed by atoms with van der Waals surface area (Å²) in [5, 5.41) is 26.9. The Morgan fingerprint density at radius 1 is 1.47 bits per heavy atom. The Balaban J connectivity index is 3.38. The van der Waals surface area contributed by atoms with Gasteiger partial charge in [0.05, 0.1) is 4.47 Å². The van der Waals surface area contributed by atoms with Gasteiger partial charge >= 0.3 is 5.97 Å². The molecule has 5 nitrogen and oxygen atoms in total. The molecule has 1 unspecified atom stereocenters. The monoisotopic (exact) mass is 279 g/mol. The molecule has 0 saturated heterocycles. The third kappa shape index (κ3) is 2.02. The maximum Gasteiger partial charge on any atom is 0.325 e. The van der Waals surface area contributed by atoms with E-state index in [0.717, 1.165) is 6.07 Å². The molecule has 82 valence electrons. The predicted octanol–water partition coefficient (Wildman–Crippen LogP) is 1.08. The van der Waals surface area contributed by atoms with Crippen LogP contribution in [0.3, 0.4) is 0 Å². The second-order valence-corrected chi connectivity index (χ2v) is 3.63. The van der Waals surface area contributed by atoms with Gasteiger partial charge in [0.15, 0.2) is 11.5 Å². The minimum atomic E-state index is -1.56. The van der Waals surface area contributed by atoms with Gasteiger partial charge in [-0.15, -0.1) is 0 Å². The van der Waals surface area contributed by atoms with E-state index in [4.69, 9.17) is 15.9 Å².